The van der Waals surface area contributed by atoms with Crippen molar-refractivity contribution in [1.82, 2.24) is 0 Å². The zero-order chi connectivity index (χ0) is 16.4. The fourth-order valence-electron chi connectivity index (χ4n) is 2.45. The van der Waals surface area contributed by atoms with E-state index in [2.05, 4.69) is 5.32 Å². The highest BCUT2D eigenvalue weighted by Gasteiger charge is 2.27. The number of nitrogens with zero attached hydrogens (tertiary/aromatic N) is 1. The topological polar surface area (TPSA) is 79.2 Å². The molecule has 1 N–H and O–H groups in total. The molecular weight excluding hydrogens is 292 g/mol. The first-order chi connectivity index (χ1) is 11.1. The lowest BCUT2D eigenvalue weighted by molar-refractivity contribution is -0.116. The Bertz CT molecular complexity index is 819. The third kappa shape index (κ3) is 2.92. The van der Waals surface area contributed by atoms with Gasteiger partial charge in [0.25, 0.3) is 0 Å². The number of carbonyl (C=O) groups excluding carboxylic acids is 2. The molecule has 1 aliphatic heterocycles. The van der Waals surface area contributed by atoms with Crippen molar-refractivity contribution in [3.05, 3.63) is 59.2 Å². The quantitative estimate of drug-likeness (QED) is 0.881. The number of benzene rings is 2. The maximum Gasteiger partial charge on any atom is 0.231 e. The van der Waals surface area contributed by atoms with E-state index in [9.17, 15) is 9.59 Å². The standard InChI is InChI=1S/C18H14N2O3/c1-11-15-8-13(4-7-16(15)20-18(11)22)17(21)10-23-14-5-2-12(9-19)3-6-14/h2-8,11H,10H2,1H3,(H,20,22)/t11-/m0/s1. The molecule has 2 aromatic carbocycles. The molecule has 0 radical (unpaired) electrons. The monoisotopic (exact) mass is 306 g/mol. The molecule has 0 unspecified atom stereocenters. The van der Waals surface area contributed by atoms with Gasteiger partial charge in [0, 0.05) is 11.3 Å². The molecule has 0 spiro atoms. The van der Waals surface area contributed by atoms with Gasteiger partial charge in [0.05, 0.1) is 17.6 Å². The van der Waals surface area contributed by atoms with E-state index in [-0.39, 0.29) is 24.2 Å². The van der Waals surface area contributed by atoms with Gasteiger partial charge in [-0.1, -0.05) is 0 Å². The molecule has 0 fully saturated rings. The van der Waals surface area contributed by atoms with Gasteiger partial charge < -0.3 is 10.1 Å². The van der Waals surface area contributed by atoms with Crippen molar-refractivity contribution in [3.8, 4) is 11.8 Å². The third-order valence-corrected chi connectivity index (χ3v) is 3.84. The number of nitriles is 1. The number of carbonyl (C=O) groups is 2. The van der Waals surface area contributed by atoms with E-state index >= 15 is 0 Å². The summed E-state index contributed by atoms with van der Waals surface area (Å²) in [6.45, 7) is 1.71. The number of ketones is 1. The van der Waals surface area contributed by atoms with E-state index in [1.54, 1.807) is 42.5 Å². The highest BCUT2D eigenvalue weighted by molar-refractivity contribution is 6.04. The molecular formula is C18H14N2O3. The minimum Gasteiger partial charge on any atom is -0.485 e. The smallest absolute Gasteiger partial charge is 0.231 e. The highest BCUT2D eigenvalue weighted by Crippen LogP contribution is 2.32. The van der Waals surface area contributed by atoms with Gasteiger partial charge in [-0.2, -0.15) is 5.26 Å². The number of hydrogen-bond donors (Lipinski definition) is 1. The summed E-state index contributed by atoms with van der Waals surface area (Å²) in [5.41, 5.74) is 2.64. The first-order valence-corrected chi connectivity index (χ1v) is 7.19. The van der Waals surface area contributed by atoms with Crippen LogP contribution in [0.1, 0.15) is 34.3 Å². The average Bonchev–Trinajstić information content (AvgIpc) is 2.87. The Balaban J connectivity index is 1.69. The zero-order valence-electron chi connectivity index (χ0n) is 12.5. The minimum absolute atomic E-state index is 0.0570. The fraction of sp³-hybridized carbons (Fsp3) is 0.167. The molecule has 2 aromatic rings. The van der Waals surface area contributed by atoms with Gasteiger partial charge in [-0.25, -0.2) is 0 Å². The molecule has 0 saturated heterocycles. The van der Waals surface area contributed by atoms with Crippen molar-refractivity contribution in [3.63, 3.8) is 0 Å². The van der Waals surface area contributed by atoms with Crippen LogP contribution in [-0.4, -0.2) is 18.3 Å². The number of hydrogen-bond acceptors (Lipinski definition) is 4. The number of nitrogens with one attached hydrogen (secondary N) is 1. The first kappa shape index (κ1) is 14.8. The van der Waals surface area contributed by atoms with Crippen LogP contribution in [0.4, 0.5) is 5.69 Å². The Kier molecular flexibility index (Phi) is 3.82. The minimum atomic E-state index is -0.253. The second kappa shape index (κ2) is 5.93. The predicted molar refractivity (Wildman–Crippen MR) is 84.5 cm³/mol. The van der Waals surface area contributed by atoms with Crippen LogP contribution in [0.2, 0.25) is 0 Å². The van der Waals surface area contributed by atoms with E-state index in [1.165, 1.54) is 0 Å². The molecule has 114 valence electrons. The van der Waals surface area contributed by atoms with E-state index < -0.39 is 0 Å². The summed E-state index contributed by atoms with van der Waals surface area (Å²) in [5.74, 6) is 0.0584. The summed E-state index contributed by atoms with van der Waals surface area (Å²) in [5, 5.41) is 11.5. The normalized spacial score (nSPS) is 15.5. The van der Waals surface area contributed by atoms with Crippen LogP contribution in [0.25, 0.3) is 0 Å². The Morgan fingerprint density at radius 2 is 2.00 bits per heavy atom. The summed E-state index contributed by atoms with van der Waals surface area (Å²) in [6, 6.07) is 13.8. The Hall–Kier alpha value is -3.13. The average molecular weight is 306 g/mol. The number of fused-ring (bicyclic) bond motifs is 1. The molecule has 5 heteroatoms. The van der Waals surface area contributed by atoms with Crippen LogP contribution in [0.3, 0.4) is 0 Å². The summed E-state index contributed by atoms with van der Waals surface area (Å²) < 4.78 is 5.45. The maximum atomic E-state index is 12.2. The second-order valence-electron chi connectivity index (χ2n) is 5.36. The molecule has 0 aliphatic carbocycles. The van der Waals surface area contributed by atoms with Crippen molar-refractivity contribution < 1.29 is 14.3 Å². The van der Waals surface area contributed by atoms with Crippen molar-refractivity contribution in [1.29, 1.82) is 5.26 Å². The van der Waals surface area contributed by atoms with Crippen LogP contribution in [0.15, 0.2) is 42.5 Å². The van der Waals surface area contributed by atoms with Gasteiger partial charge in [0.1, 0.15) is 5.75 Å². The van der Waals surface area contributed by atoms with Crippen molar-refractivity contribution in [2.75, 3.05) is 11.9 Å². The van der Waals surface area contributed by atoms with Gasteiger partial charge in [-0.3, -0.25) is 9.59 Å². The van der Waals surface area contributed by atoms with Crippen molar-refractivity contribution in [2.45, 2.75) is 12.8 Å². The summed E-state index contributed by atoms with van der Waals surface area (Å²) in [6.07, 6.45) is 0. The first-order valence-electron chi connectivity index (χ1n) is 7.19. The SMILES string of the molecule is C[C@@H]1C(=O)Nc2ccc(C(=O)COc3ccc(C#N)cc3)cc21. The number of Topliss-reactive ketones (excluding diaryl/α,β-unsaturated/α-hetero) is 1. The van der Waals surface area contributed by atoms with Gasteiger partial charge >= 0.3 is 0 Å². The zero-order valence-corrected chi connectivity index (χ0v) is 12.5. The third-order valence-electron chi connectivity index (χ3n) is 3.84. The number of anilines is 1. The van der Waals surface area contributed by atoms with Crippen LogP contribution >= 0.6 is 0 Å². The fourth-order valence-corrected chi connectivity index (χ4v) is 2.45. The van der Waals surface area contributed by atoms with Gasteiger partial charge in [-0.15, -0.1) is 0 Å². The van der Waals surface area contributed by atoms with Crippen LogP contribution in [0.5, 0.6) is 5.75 Å². The molecule has 5 nitrogen and oxygen atoms in total. The number of ether oxygens (including phenoxy) is 1. The lowest BCUT2D eigenvalue weighted by atomic mass is 9.99. The van der Waals surface area contributed by atoms with E-state index in [0.717, 1.165) is 11.3 Å². The lowest BCUT2D eigenvalue weighted by Gasteiger charge is -2.07. The molecule has 0 aromatic heterocycles. The Labute approximate surface area is 133 Å². The Morgan fingerprint density at radius 1 is 1.26 bits per heavy atom. The van der Waals surface area contributed by atoms with Crippen molar-refractivity contribution >= 4 is 17.4 Å². The summed E-state index contributed by atoms with van der Waals surface area (Å²) in [7, 11) is 0. The number of rotatable bonds is 4. The van der Waals surface area contributed by atoms with Gasteiger partial charge in [0.2, 0.25) is 5.91 Å². The molecule has 1 amide bonds. The van der Waals surface area contributed by atoms with E-state index in [1.807, 2.05) is 13.0 Å². The molecule has 1 heterocycles. The van der Waals surface area contributed by atoms with Gasteiger partial charge in [-0.05, 0) is 55.0 Å². The van der Waals surface area contributed by atoms with E-state index in [4.69, 9.17) is 10.00 Å². The highest BCUT2D eigenvalue weighted by atomic mass is 16.5. The molecule has 3 rings (SSSR count). The second-order valence-corrected chi connectivity index (χ2v) is 5.36. The molecule has 1 atom stereocenters. The molecule has 0 saturated carbocycles. The summed E-state index contributed by atoms with van der Waals surface area (Å²) >= 11 is 0. The molecule has 23 heavy (non-hydrogen) atoms. The molecule has 0 bridgehead atoms. The van der Waals surface area contributed by atoms with Crippen molar-refractivity contribution in [2.24, 2.45) is 0 Å². The summed E-state index contributed by atoms with van der Waals surface area (Å²) in [4.78, 5) is 23.9. The maximum absolute atomic E-state index is 12.2. The van der Waals surface area contributed by atoms with Crippen LogP contribution in [-0.2, 0) is 4.79 Å². The molecule has 1 aliphatic rings. The number of amides is 1. The predicted octanol–water partition coefficient (Wildman–Crippen LogP) is 2.88. The largest absolute Gasteiger partial charge is 0.485 e. The Morgan fingerprint density at radius 3 is 2.70 bits per heavy atom. The van der Waals surface area contributed by atoms with Crippen LogP contribution in [0, 0.1) is 11.3 Å². The van der Waals surface area contributed by atoms with Crippen LogP contribution < -0.4 is 10.1 Å². The lowest BCUT2D eigenvalue weighted by Crippen LogP contribution is -2.12. The van der Waals surface area contributed by atoms with Gasteiger partial charge in [0.15, 0.2) is 12.4 Å². The van der Waals surface area contributed by atoms with E-state index in [0.29, 0.717) is 16.9 Å².